The van der Waals surface area contributed by atoms with Crippen molar-refractivity contribution < 1.29 is 22.7 Å². The van der Waals surface area contributed by atoms with Gasteiger partial charge < -0.3 is 14.1 Å². The van der Waals surface area contributed by atoms with Gasteiger partial charge in [0.15, 0.2) is 0 Å². The third-order valence-electron chi connectivity index (χ3n) is 4.44. The van der Waals surface area contributed by atoms with Crippen molar-refractivity contribution in [1.29, 1.82) is 0 Å². The summed E-state index contributed by atoms with van der Waals surface area (Å²) in [7, 11) is 0. The number of pyridine rings is 1. The zero-order valence-corrected chi connectivity index (χ0v) is 14.0. The first-order valence-electron chi connectivity index (χ1n) is 8.15. The number of piperidine rings is 1. The number of rotatable bonds is 5. The van der Waals surface area contributed by atoms with Gasteiger partial charge in [0.2, 0.25) is 0 Å². The monoisotopic (exact) mass is 350 g/mol. The zero-order valence-electron chi connectivity index (χ0n) is 14.0. The Kier molecular flexibility index (Phi) is 5.13. The van der Waals surface area contributed by atoms with Crippen LogP contribution < -0.4 is 0 Å². The second-order valence-electron chi connectivity index (χ2n) is 6.23. The Bertz CT molecular complexity index is 718. The third kappa shape index (κ3) is 4.04. The average molecular weight is 350 g/mol. The van der Waals surface area contributed by atoms with E-state index in [2.05, 4.69) is 4.98 Å². The number of halogens is 2. The lowest BCUT2D eigenvalue weighted by Crippen LogP contribution is -2.50. The van der Waals surface area contributed by atoms with Gasteiger partial charge >= 0.3 is 0 Å². The number of hydrogen-bond donors (Lipinski definition) is 0. The third-order valence-corrected chi connectivity index (χ3v) is 4.44. The standard InChI is InChI=1S/C18H20F2N2O3/c1-13-16(4-8-25-13)17(23)22-7-5-18(19,20)15(10-22)12-24-11-14-3-2-6-21-9-14/h2-4,6,8-9,15H,5,7,10-12H2,1H3. The molecule has 0 bridgehead atoms. The van der Waals surface area contributed by atoms with Gasteiger partial charge in [-0.05, 0) is 24.6 Å². The number of carbonyl (C=O) groups is 1. The minimum absolute atomic E-state index is 0.0234. The maximum Gasteiger partial charge on any atom is 0.257 e. The molecule has 1 atom stereocenters. The second kappa shape index (κ2) is 7.31. The topological polar surface area (TPSA) is 55.6 Å². The molecule has 1 amide bonds. The largest absolute Gasteiger partial charge is 0.469 e. The molecule has 0 spiro atoms. The number of amides is 1. The lowest BCUT2D eigenvalue weighted by atomic mass is 9.93. The Labute approximate surface area is 144 Å². The lowest BCUT2D eigenvalue weighted by Gasteiger charge is -2.38. The molecule has 3 rings (SSSR count). The highest BCUT2D eigenvalue weighted by atomic mass is 19.3. The van der Waals surface area contributed by atoms with Crippen LogP contribution in [0, 0.1) is 12.8 Å². The van der Waals surface area contributed by atoms with E-state index in [9.17, 15) is 13.6 Å². The quantitative estimate of drug-likeness (QED) is 0.830. The maximum atomic E-state index is 14.2. The molecular formula is C18H20F2N2O3. The molecule has 0 radical (unpaired) electrons. The minimum Gasteiger partial charge on any atom is -0.469 e. The first kappa shape index (κ1) is 17.5. The van der Waals surface area contributed by atoms with Crippen molar-refractivity contribution in [3.63, 3.8) is 0 Å². The first-order chi connectivity index (χ1) is 12.0. The SMILES string of the molecule is Cc1occc1C(=O)N1CCC(F)(F)C(COCc2cccnc2)C1. The summed E-state index contributed by atoms with van der Waals surface area (Å²) in [6.45, 7) is 1.77. The van der Waals surface area contributed by atoms with E-state index in [0.717, 1.165) is 5.56 Å². The first-order valence-corrected chi connectivity index (χ1v) is 8.15. The number of furan rings is 1. The molecule has 0 N–H and O–H groups in total. The molecule has 1 saturated heterocycles. The van der Waals surface area contributed by atoms with Gasteiger partial charge in [0.1, 0.15) is 5.76 Å². The zero-order chi connectivity index (χ0) is 17.9. The van der Waals surface area contributed by atoms with Crippen molar-refractivity contribution in [2.75, 3.05) is 19.7 Å². The van der Waals surface area contributed by atoms with Crippen LogP contribution in [0.1, 0.15) is 28.1 Å². The minimum atomic E-state index is -2.85. The van der Waals surface area contributed by atoms with Crippen molar-refractivity contribution >= 4 is 5.91 Å². The van der Waals surface area contributed by atoms with Crippen LogP contribution in [0.4, 0.5) is 8.78 Å². The van der Waals surface area contributed by atoms with Crippen molar-refractivity contribution in [2.24, 2.45) is 5.92 Å². The van der Waals surface area contributed by atoms with E-state index in [4.69, 9.17) is 9.15 Å². The van der Waals surface area contributed by atoms with Crippen LogP contribution in [0.3, 0.4) is 0 Å². The summed E-state index contributed by atoms with van der Waals surface area (Å²) in [6.07, 6.45) is 4.34. The van der Waals surface area contributed by atoms with Crippen LogP contribution in [0.15, 0.2) is 41.3 Å². The number of nitrogens with zero attached hydrogens (tertiary/aromatic N) is 2. The summed E-state index contributed by atoms with van der Waals surface area (Å²) >= 11 is 0. The molecule has 1 fully saturated rings. The molecule has 0 saturated carbocycles. The van der Waals surface area contributed by atoms with E-state index < -0.39 is 11.8 Å². The van der Waals surface area contributed by atoms with Crippen LogP contribution in [-0.2, 0) is 11.3 Å². The van der Waals surface area contributed by atoms with Crippen molar-refractivity contribution in [3.8, 4) is 0 Å². The van der Waals surface area contributed by atoms with E-state index in [1.54, 1.807) is 31.5 Å². The van der Waals surface area contributed by atoms with Crippen molar-refractivity contribution in [1.82, 2.24) is 9.88 Å². The summed E-state index contributed by atoms with van der Waals surface area (Å²) in [5, 5.41) is 0. The van der Waals surface area contributed by atoms with Gasteiger partial charge in [0.25, 0.3) is 11.8 Å². The predicted octanol–water partition coefficient (Wildman–Crippen LogP) is 3.30. The number of hydrogen-bond acceptors (Lipinski definition) is 4. The Morgan fingerprint density at radius 1 is 1.48 bits per heavy atom. The van der Waals surface area contributed by atoms with Crippen molar-refractivity contribution in [2.45, 2.75) is 25.9 Å². The van der Waals surface area contributed by atoms with E-state index in [0.29, 0.717) is 11.3 Å². The molecular weight excluding hydrogens is 330 g/mol. The van der Waals surface area contributed by atoms with E-state index in [1.807, 2.05) is 6.07 Å². The summed E-state index contributed by atoms with van der Waals surface area (Å²) in [6, 6.07) is 5.16. The van der Waals surface area contributed by atoms with Gasteiger partial charge in [0.05, 0.1) is 31.0 Å². The summed E-state index contributed by atoms with van der Waals surface area (Å²) in [5.41, 5.74) is 1.24. The molecule has 2 aromatic heterocycles. The number of carbonyl (C=O) groups excluding carboxylic acids is 1. The Balaban J connectivity index is 1.61. The molecule has 5 nitrogen and oxygen atoms in total. The van der Waals surface area contributed by atoms with Crippen LogP contribution >= 0.6 is 0 Å². The number of ether oxygens (including phenoxy) is 1. The molecule has 0 aliphatic carbocycles. The van der Waals surface area contributed by atoms with Gasteiger partial charge in [-0.1, -0.05) is 6.07 Å². The van der Waals surface area contributed by atoms with E-state index >= 15 is 0 Å². The molecule has 1 aliphatic rings. The fourth-order valence-corrected chi connectivity index (χ4v) is 2.92. The molecule has 1 aliphatic heterocycles. The highest BCUT2D eigenvalue weighted by molar-refractivity contribution is 5.95. The Morgan fingerprint density at radius 3 is 3.00 bits per heavy atom. The highest BCUT2D eigenvalue weighted by Gasteiger charge is 2.45. The number of aryl methyl sites for hydroxylation is 1. The Hall–Kier alpha value is -2.28. The fourth-order valence-electron chi connectivity index (χ4n) is 2.92. The molecule has 1 unspecified atom stereocenters. The van der Waals surface area contributed by atoms with Gasteiger partial charge in [-0.25, -0.2) is 8.78 Å². The van der Waals surface area contributed by atoms with Crippen LogP contribution in [0.2, 0.25) is 0 Å². The average Bonchev–Trinajstić information content (AvgIpc) is 3.02. The number of alkyl halides is 2. The predicted molar refractivity (Wildman–Crippen MR) is 86.3 cm³/mol. The van der Waals surface area contributed by atoms with Crippen molar-refractivity contribution in [3.05, 3.63) is 53.7 Å². The fraction of sp³-hybridized carbons (Fsp3) is 0.444. The van der Waals surface area contributed by atoms with Crippen LogP contribution in [0.5, 0.6) is 0 Å². The second-order valence-corrected chi connectivity index (χ2v) is 6.23. The number of aromatic nitrogens is 1. The molecule has 0 aromatic carbocycles. The smallest absolute Gasteiger partial charge is 0.257 e. The van der Waals surface area contributed by atoms with Gasteiger partial charge in [-0.2, -0.15) is 0 Å². The number of likely N-dealkylation sites (tertiary alicyclic amines) is 1. The molecule has 3 heterocycles. The molecule has 2 aromatic rings. The van der Waals surface area contributed by atoms with Crippen LogP contribution in [-0.4, -0.2) is 41.4 Å². The van der Waals surface area contributed by atoms with Crippen LogP contribution in [0.25, 0.3) is 0 Å². The molecule has 134 valence electrons. The van der Waals surface area contributed by atoms with E-state index in [1.165, 1.54) is 11.2 Å². The van der Waals surface area contributed by atoms with Gasteiger partial charge in [0, 0.05) is 31.9 Å². The Morgan fingerprint density at radius 2 is 2.32 bits per heavy atom. The van der Waals surface area contributed by atoms with E-state index in [-0.39, 0.29) is 38.6 Å². The highest BCUT2D eigenvalue weighted by Crippen LogP contribution is 2.34. The maximum absolute atomic E-state index is 14.2. The normalized spacial score (nSPS) is 19.8. The van der Waals surface area contributed by atoms with Gasteiger partial charge in [-0.15, -0.1) is 0 Å². The molecule has 7 heteroatoms. The van der Waals surface area contributed by atoms with Gasteiger partial charge in [-0.3, -0.25) is 9.78 Å². The summed E-state index contributed by atoms with van der Waals surface area (Å²) < 4.78 is 39.0. The summed E-state index contributed by atoms with van der Waals surface area (Å²) in [4.78, 5) is 17.9. The lowest BCUT2D eigenvalue weighted by molar-refractivity contribution is -0.124. The summed E-state index contributed by atoms with van der Waals surface area (Å²) in [5.74, 6) is -3.67. The molecule has 25 heavy (non-hydrogen) atoms.